The van der Waals surface area contributed by atoms with E-state index in [1.807, 2.05) is 72.7 Å². The van der Waals surface area contributed by atoms with Crippen molar-refractivity contribution in [2.24, 2.45) is 5.92 Å². The van der Waals surface area contributed by atoms with Crippen molar-refractivity contribution in [3.8, 4) is 0 Å². The molecule has 170 valence electrons. The van der Waals surface area contributed by atoms with Gasteiger partial charge in [0.05, 0.1) is 24.3 Å². The first-order valence-corrected chi connectivity index (χ1v) is 11.1. The molecule has 3 aliphatic rings. The molecule has 3 heterocycles. The van der Waals surface area contributed by atoms with Gasteiger partial charge in [-0.15, -0.1) is 0 Å². The van der Waals surface area contributed by atoms with Crippen LogP contribution < -0.4 is 10.4 Å². The highest BCUT2D eigenvalue weighted by Crippen LogP contribution is 2.41. The van der Waals surface area contributed by atoms with E-state index in [1.165, 1.54) is 4.90 Å². The SMILES string of the molecule is CC(C)(C)OC(=O)N1CC2CN(c3ccc(B4OC(C)(C)C(C)(C)O4)cc3)C[C@]2(F)C1. The van der Waals surface area contributed by atoms with Crippen LogP contribution in [0.4, 0.5) is 14.9 Å². The lowest BCUT2D eigenvalue weighted by molar-refractivity contribution is 0.00578. The second-order valence-electron chi connectivity index (χ2n) is 11.2. The topological polar surface area (TPSA) is 51.2 Å². The molecule has 1 aromatic rings. The van der Waals surface area contributed by atoms with Crippen molar-refractivity contribution in [3.05, 3.63) is 24.3 Å². The Morgan fingerprint density at radius 2 is 1.65 bits per heavy atom. The number of anilines is 1. The lowest BCUT2D eigenvalue weighted by Gasteiger charge is -2.32. The third-order valence-corrected chi connectivity index (χ3v) is 6.96. The number of ether oxygens (including phenoxy) is 1. The molecule has 2 atom stereocenters. The molecule has 1 aromatic carbocycles. The van der Waals surface area contributed by atoms with E-state index in [2.05, 4.69) is 4.90 Å². The summed E-state index contributed by atoms with van der Waals surface area (Å²) in [5, 5.41) is 0. The smallest absolute Gasteiger partial charge is 0.444 e. The van der Waals surface area contributed by atoms with E-state index in [4.69, 9.17) is 14.0 Å². The van der Waals surface area contributed by atoms with Crippen LogP contribution in [0.5, 0.6) is 0 Å². The minimum Gasteiger partial charge on any atom is -0.444 e. The van der Waals surface area contributed by atoms with Gasteiger partial charge < -0.3 is 23.8 Å². The van der Waals surface area contributed by atoms with E-state index >= 15 is 4.39 Å². The largest absolute Gasteiger partial charge is 0.494 e. The number of benzene rings is 1. The van der Waals surface area contributed by atoms with Crippen molar-refractivity contribution in [2.45, 2.75) is 70.9 Å². The minimum atomic E-state index is -1.42. The van der Waals surface area contributed by atoms with Crippen LogP contribution in [0.3, 0.4) is 0 Å². The number of rotatable bonds is 2. The Balaban J connectivity index is 1.39. The maximum Gasteiger partial charge on any atom is 0.494 e. The van der Waals surface area contributed by atoms with Gasteiger partial charge in [-0.05, 0) is 66.1 Å². The highest BCUT2D eigenvalue weighted by atomic mass is 19.1. The Morgan fingerprint density at radius 1 is 1.06 bits per heavy atom. The maximum absolute atomic E-state index is 15.6. The van der Waals surface area contributed by atoms with Gasteiger partial charge in [-0.2, -0.15) is 0 Å². The summed E-state index contributed by atoms with van der Waals surface area (Å²) in [6.07, 6.45) is -0.433. The summed E-state index contributed by atoms with van der Waals surface area (Å²) in [6, 6.07) is 7.97. The Hall–Kier alpha value is -1.80. The summed E-state index contributed by atoms with van der Waals surface area (Å²) < 4.78 is 33.3. The lowest BCUT2D eigenvalue weighted by Crippen LogP contribution is -2.41. The fraction of sp³-hybridized carbons (Fsp3) is 0.696. The van der Waals surface area contributed by atoms with Gasteiger partial charge in [-0.25, -0.2) is 9.18 Å². The predicted molar refractivity (Wildman–Crippen MR) is 120 cm³/mol. The molecule has 3 fully saturated rings. The zero-order valence-corrected chi connectivity index (χ0v) is 19.7. The number of nitrogens with zero attached hydrogens (tertiary/aromatic N) is 2. The summed E-state index contributed by atoms with van der Waals surface area (Å²) >= 11 is 0. The molecule has 0 aliphatic carbocycles. The number of likely N-dealkylation sites (tertiary alicyclic amines) is 1. The molecule has 3 saturated heterocycles. The van der Waals surface area contributed by atoms with Crippen LogP contribution in [0.2, 0.25) is 0 Å². The van der Waals surface area contributed by atoms with Gasteiger partial charge >= 0.3 is 13.2 Å². The number of hydrogen-bond donors (Lipinski definition) is 0. The summed E-state index contributed by atoms with van der Waals surface area (Å²) in [5.41, 5.74) is -0.847. The molecular formula is C23H34BFN2O4. The molecule has 6 nitrogen and oxygen atoms in total. The molecular weight excluding hydrogens is 398 g/mol. The van der Waals surface area contributed by atoms with E-state index in [1.54, 1.807) is 0 Å². The average molecular weight is 432 g/mol. The van der Waals surface area contributed by atoms with Gasteiger partial charge in [0.2, 0.25) is 0 Å². The normalized spacial score (nSPS) is 29.4. The first kappa shape index (κ1) is 22.4. The molecule has 0 aromatic heterocycles. The zero-order chi connectivity index (χ0) is 22.8. The number of carbonyl (C=O) groups excluding carboxylic acids is 1. The molecule has 0 radical (unpaired) electrons. The molecule has 3 aliphatic heterocycles. The van der Waals surface area contributed by atoms with E-state index in [9.17, 15) is 4.79 Å². The summed E-state index contributed by atoms with van der Waals surface area (Å²) in [4.78, 5) is 15.9. The molecule has 1 unspecified atom stereocenters. The van der Waals surface area contributed by atoms with Gasteiger partial charge in [0.1, 0.15) is 5.60 Å². The highest BCUT2D eigenvalue weighted by molar-refractivity contribution is 6.62. The van der Waals surface area contributed by atoms with Crippen molar-refractivity contribution < 1.29 is 23.2 Å². The first-order chi connectivity index (χ1) is 14.2. The third-order valence-electron chi connectivity index (χ3n) is 6.96. The molecule has 0 saturated carbocycles. The molecule has 0 spiro atoms. The third kappa shape index (κ3) is 4.16. The van der Waals surface area contributed by atoms with Crippen molar-refractivity contribution in [3.63, 3.8) is 0 Å². The molecule has 8 heteroatoms. The van der Waals surface area contributed by atoms with E-state index < -0.39 is 24.5 Å². The highest BCUT2D eigenvalue weighted by Gasteiger charge is 2.55. The predicted octanol–water partition coefficient (Wildman–Crippen LogP) is 3.38. The monoisotopic (exact) mass is 432 g/mol. The molecule has 0 bridgehead atoms. The summed E-state index contributed by atoms with van der Waals surface area (Å²) in [6.45, 7) is 14.9. The van der Waals surface area contributed by atoms with Crippen molar-refractivity contribution in [2.75, 3.05) is 31.1 Å². The van der Waals surface area contributed by atoms with Crippen LogP contribution in [-0.2, 0) is 14.0 Å². The fourth-order valence-electron chi connectivity index (χ4n) is 4.47. The Labute approximate surface area is 185 Å². The zero-order valence-electron chi connectivity index (χ0n) is 19.7. The Kier molecular flexibility index (Phi) is 5.13. The Morgan fingerprint density at radius 3 is 2.16 bits per heavy atom. The Bertz CT molecular complexity index is 838. The molecule has 0 N–H and O–H groups in total. The van der Waals surface area contributed by atoms with Crippen LogP contribution in [0, 0.1) is 5.92 Å². The van der Waals surface area contributed by atoms with Crippen molar-refractivity contribution in [1.82, 2.24) is 4.90 Å². The van der Waals surface area contributed by atoms with E-state index in [-0.39, 0.29) is 30.2 Å². The number of carbonyl (C=O) groups is 1. The van der Waals surface area contributed by atoms with Gasteiger partial charge in [0.15, 0.2) is 5.67 Å². The second-order valence-corrected chi connectivity index (χ2v) is 11.2. The van der Waals surface area contributed by atoms with Crippen LogP contribution in [0.25, 0.3) is 0 Å². The first-order valence-electron chi connectivity index (χ1n) is 11.1. The maximum atomic E-state index is 15.6. The molecule has 4 rings (SSSR count). The fourth-order valence-corrected chi connectivity index (χ4v) is 4.47. The number of alkyl halides is 1. The van der Waals surface area contributed by atoms with Gasteiger partial charge in [-0.1, -0.05) is 12.1 Å². The number of amides is 1. The standard InChI is InChI=1S/C23H34BFN2O4/c1-20(2,3)29-19(28)27-13-16-12-26(14-23(16,25)15-27)18-10-8-17(9-11-18)24-30-21(4,5)22(6,7)31-24/h8-11,16H,12-15H2,1-7H3/t16?,23-/m0/s1. The number of halogens is 1. The molecule has 31 heavy (non-hydrogen) atoms. The number of hydrogen-bond acceptors (Lipinski definition) is 5. The van der Waals surface area contributed by atoms with Crippen molar-refractivity contribution >= 4 is 24.4 Å². The van der Waals surface area contributed by atoms with Crippen LogP contribution in [0.15, 0.2) is 24.3 Å². The van der Waals surface area contributed by atoms with Crippen LogP contribution in [-0.4, -0.2) is 66.8 Å². The van der Waals surface area contributed by atoms with E-state index in [0.717, 1.165) is 11.2 Å². The summed E-state index contributed by atoms with van der Waals surface area (Å²) in [5.74, 6) is -0.220. The summed E-state index contributed by atoms with van der Waals surface area (Å²) in [7, 11) is -0.410. The second kappa shape index (κ2) is 7.10. The van der Waals surface area contributed by atoms with E-state index in [0.29, 0.717) is 13.1 Å². The quantitative estimate of drug-likeness (QED) is 0.671. The van der Waals surface area contributed by atoms with Crippen LogP contribution >= 0.6 is 0 Å². The van der Waals surface area contributed by atoms with Gasteiger partial charge in [0, 0.05) is 24.7 Å². The van der Waals surface area contributed by atoms with Gasteiger partial charge in [-0.3, -0.25) is 0 Å². The van der Waals surface area contributed by atoms with Crippen molar-refractivity contribution in [1.29, 1.82) is 0 Å². The molecule has 1 amide bonds. The minimum absolute atomic E-state index is 0.0785. The van der Waals surface area contributed by atoms with Gasteiger partial charge in [0.25, 0.3) is 0 Å². The number of fused-ring (bicyclic) bond motifs is 1. The average Bonchev–Trinajstić information content (AvgIpc) is 3.18. The lowest BCUT2D eigenvalue weighted by atomic mass is 9.79. The van der Waals surface area contributed by atoms with Crippen LogP contribution in [0.1, 0.15) is 48.5 Å².